The summed E-state index contributed by atoms with van der Waals surface area (Å²) in [5.74, 6) is 1.92. The van der Waals surface area contributed by atoms with Crippen LogP contribution in [0.5, 0.6) is 0 Å². The zero-order valence-corrected chi connectivity index (χ0v) is 10.6. The average molecular weight is 225 g/mol. The summed E-state index contributed by atoms with van der Waals surface area (Å²) in [6.45, 7) is 2.50. The Balaban J connectivity index is 2.04. The molecule has 2 aliphatic carbocycles. The molecule has 3 unspecified atom stereocenters. The largest absolute Gasteiger partial charge is 0.396 e. The summed E-state index contributed by atoms with van der Waals surface area (Å²) in [5, 5.41) is 9.31. The van der Waals surface area contributed by atoms with Gasteiger partial charge in [-0.25, -0.2) is 0 Å². The zero-order valence-electron chi connectivity index (χ0n) is 10.6. The molecule has 0 aromatic rings. The molecule has 3 N–H and O–H groups in total. The van der Waals surface area contributed by atoms with Crippen LogP contribution in [0.25, 0.3) is 0 Å². The van der Waals surface area contributed by atoms with Crippen LogP contribution >= 0.6 is 0 Å². The third kappa shape index (κ3) is 2.43. The maximum absolute atomic E-state index is 9.31. The van der Waals surface area contributed by atoms with Gasteiger partial charge in [0.2, 0.25) is 0 Å². The van der Waals surface area contributed by atoms with Gasteiger partial charge in [-0.15, -0.1) is 0 Å². The lowest BCUT2D eigenvalue weighted by Gasteiger charge is -2.45. The lowest BCUT2D eigenvalue weighted by Crippen LogP contribution is -2.45. The third-order valence-electron chi connectivity index (χ3n) is 5.04. The number of nitrogens with two attached hydrogens (primary N) is 1. The Hall–Kier alpha value is -0.0800. The molecule has 94 valence electrons. The van der Waals surface area contributed by atoms with Gasteiger partial charge < -0.3 is 10.8 Å². The minimum atomic E-state index is 0.259. The fourth-order valence-electron chi connectivity index (χ4n) is 3.82. The van der Waals surface area contributed by atoms with Crippen molar-refractivity contribution in [1.29, 1.82) is 0 Å². The molecule has 0 aliphatic heterocycles. The quantitative estimate of drug-likeness (QED) is 0.755. The van der Waals surface area contributed by atoms with E-state index >= 15 is 0 Å². The molecule has 0 heterocycles. The summed E-state index contributed by atoms with van der Waals surface area (Å²) < 4.78 is 0. The second-order valence-electron chi connectivity index (χ2n) is 6.04. The van der Waals surface area contributed by atoms with Gasteiger partial charge in [-0.2, -0.15) is 0 Å². The Morgan fingerprint density at radius 1 is 1.31 bits per heavy atom. The highest BCUT2D eigenvalue weighted by Crippen LogP contribution is 2.52. The highest BCUT2D eigenvalue weighted by molar-refractivity contribution is 4.96. The lowest BCUT2D eigenvalue weighted by molar-refractivity contribution is 0.0604. The van der Waals surface area contributed by atoms with Crippen LogP contribution in [0.4, 0.5) is 0 Å². The van der Waals surface area contributed by atoms with Gasteiger partial charge in [0.05, 0.1) is 0 Å². The Bertz CT molecular complexity index is 223. The van der Waals surface area contributed by atoms with Crippen LogP contribution in [0.15, 0.2) is 0 Å². The van der Waals surface area contributed by atoms with Crippen LogP contribution in [0.2, 0.25) is 0 Å². The molecule has 3 atom stereocenters. The van der Waals surface area contributed by atoms with Crippen LogP contribution in [0.3, 0.4) is 0 Å². The van der Waals surface area contributed by atoms with E-state index < -0.39 is 0 Å². The molecule has 2 rings (SSSR count). The first-order chi connectivity index (χ1) is 7.72. The maximum Gasteiger partial charge on any atom is 0.0436 e. The Labute approximate surface area is 99.6 Å². The number of hydrogen-bond acceptors (Lipinski definition) is 2. The molecule has 2 fully saturated rings. The molecule has 0 spiro atoms. The molecule has 0 aromatic heterocycles. The van der Waals surface area contributed by atoms with Crippen LogP contribution in [0.1, 0.15) is 58.3 Å². The maximum atomic E-state index is 9.31. The summed E-state index contributed by atoms with van der Waals surface area (Å²) in [7, 11) is 0. The van der Waals surface area contributed by atoms with Crippen molar-refractivity contribution < 1.29 is 5.11 Å². The van der Waals surface area contributed by atoms with Gasteiger partial charge in [-0.3, -0.25) is 0 Å². The fraction of sp³-hybridized carbons (Fsp3) is 1.00. The third-order valence-corrected chi connectivity index (χ3v) is 5.04. The molecule has 2 nitrogen and oxygen atoms in total. The van der Waals surface area contributed by atoms with Gasteiger partial charge in [0.15, 0.2) is 0 Å². The molecule has 0 amide bonds. The topological polar surface area (TPSA) is 46.2 Å². The average Bonchev–Trinajstić information content (AvgIpc) is 3.12. The molecule has 0 aromatic carbocycles. The zero-order chi connectivity index (χ0) is 11.6. The monoisotopic (exact) mass is 225 g/mol. The molecule has 2 saturated carbocycles. The second kappa shape index (κ2) is 5.05. The van der Waals surface area contributed by atoms with Crippen molar-refractivity contribution in [1.82, 2.24) is 0 Å². The minimum absolute atomic E-state index is 0.259. The van der Waals surface area contributed by atoms with E-state index in [0.29, 0.717) is 12.6 Å². The summed E-state index contributed by atoms with van der Waals surface area (Å²) in [5.41, 5.74) is 6.60. The van der Waals surface area contributed by atoms with Gasteiger partial charge in [-0.1, -0.05) is 19.8 Å². The summed E-state index contributed by atoms with van der Waals surface area (Å²) in [6, 6.07) is 0.293. The molecular formula is C14H27NO. The number of hydrogen-bond donors (Lipinski definition) is 2. The van der Waals surface area contributed by atoms with Crippen LogP contribution < -0.4 is 5.73 Å². The van der Waals surface area contributed by atoms with Crippen LogP contribution in [-0.4, -0.2) is 17.8 Å². The molecule has 2 aliphatic rings. The standard InChI is InChI=1S/C14H27NO/c1-2-13(15)14(8-9-16)7-3-4-12(10-14)11-5-6-11/h11-13,16H,2-10,15H2,1H3. The van der Waals surface area contributed by atoms with Crippen molar-refractivity contribution in [2.75, 3.05) is 6.61 Å². The van der Waals surface area contributed by atoms with Crippen LogP contribution in [-0.2, 0) is 0 Å². The second-order valence-corrected chi connectivity index (χ2v) is 6.04. The Morgan fingerprint density at radius 2 is 2.06 bits per heavy atom. The summed E-state index contributed by atoms with van der Waals surface area (Å²) in [4.78, 5) is 0. The predicted molar refractivity (Wildman–Crippen MR) is 67.1 cm³/mol. The Kier molecular flexibility index (Phi) is 3.91. The lowest BCUT2D eigenvalue weighted by atomic mass is 9.62. The van der Waals surface area contributed by atoms with E-state index in [-0.39, 0.29) is 5.41 Å². The number of rotatable bonds is 5. The summed E-state index contributed by atoms with van der Waals surface area (Å²) in [6.07, 6.45) is 10.1. The van der Waals surface area contributed by atoms with E-state index in [2.05, 4.69) is 6.92 Å². The summed E-state index contributed by atoms with van der Waals surface area (Å²) >= 11 is 0. The van der Waals surface area contributed by atoms with Gasteiger partial charge in [0, 0.05) is 12.6 Å². The fourth-order valence-corrected chi connectivity index (χ4v) is 3.82. The van der Waals surface area contributed by atoms with E-state index in [9.17, 15) is 5.11 Å². The molecule has 0 radical (unpaired) electrons. The first kappa shape index (κ1) is 12.4. The highest BCUT2D eigenvalue weighted by atomic mass is 16.3. The number of aliphatic hydroxyl groups is 1. The van der Waals surface area contributed by atoms with Crippen molar-refractivity contribution in [3.05, 3.63) is 0 Å². The van der Waals surface area contributed by atoms with E-state index in [1.165, 1.54) is 38.5 Å². The minimum Gasteiger partial charge on any atom is -0.396 e. The first-order valence-electron chi connectivity index (χ1n) is 7.08. The van der Waals surface area contributed by atoms with Gasteiger partial charge in [-0.05, 0) is 55.8 Å². The van der Waals surface area contributed by atoms with E-state index in [0.717, 1.165) is 24.7 Å². The molecule has 2 heteroatoms. The molecule has 0 bridgehead atoms. The SMILES string of the molecule is CCC(N)C1(CCO)CCCC(C2CC2)C1. The smallest absolute Gasteiger partial charge is 0.0436 e. The van der Waals surface area contributed by atoms with Crippen molar-refractivity contribution in [2.24, 2.45) is 23.0 Å². The van der Waals surface area contributed by atoms with E-state index in [1.807, 2.05) is 0 Å². The van der Waals surface area contributed by atoms with Crippen molar-refractivity contribution in [3.63, 3.8) is 0 Å². The normalized spacial score (nSPS) is 37.3. The number of aliphatic hydroxyl groups excluding tert-OH is 1. The molecule has 0 saturated heterocycles. The molecular weight excluding hydrogens is 198 g/mol. The van der Waals surface area contributed by atoms with Gasteiger partial charge in [0.1, 0.15) is 0 Å². The van der Waals surface area contributed by atoms with E-state index in [1.54, 1.807) is 0 Å². The first-order valence-corrected chi connectivity index (χ1v) is 7.08. The highest BCUT2D eigenvalue weighted by Gasteiger charge is 2.44. The van der Waals surface area contributed by atoms with Gasteiger partial charge in [0.25, 0.3) is 0 Å². The van der Waals surface area contributed by atoms with Gasteiger partial charge >= 0.3 is 0 Å². The van der Waals surface area contributed by atoms with Crippen molar-refractivity contribution in [3.8, 4) is 0 Å². The molecule has 16 heavy (non-hydrogen) atoms. The van der Waals surface area contributed by atoms with Crippen LogP contribution in [0, 0.1) is 17.3 Å². The van der Waals surface area contributed by atoms with Crippen molar-refractivity contribution in [2.45, 2.75) is 64.3 Å². The van der Waals surface area contributed by atoms with Crippen molar-refractivity contribution >= 4 is 0 Å². The Morgan fingerprint density at radius 3 is 2.62 bits per heavy atom. The predicted octanol–water partition coefficient (Wildman–Crippen LogP) is 2.69. The van der Waals surface area contributed by atoms with E-state index in [4.69, 9.17) is 5.73 Å².